The van der Waals surface area contributed by atoms with Crippen LogP contribution in [0.1, 0.15) is 45.0 Å². The van der Waals surface area contributed by atoms with E-state index in [4.69, 9.17) is 5.73 Å². The molecule has 1 aliphatic heterocycles. The lowest BCUT2D eigenvalue weighted by Gasteiger charge is -2.27. The van der Waals surface area contributed by atoms with Crippen molar-refractivity contribution in [1.82, 2.24) is 0 Å². The number of quaternary nitrogens is 1. The van der Waals surface area contributed by atoms with Crippen molar-refractivity contribution in [2.24, 2.45) is 5.73 Å². The molecular formula is C19H24N3O2S2+. The number of nitrogens with one attached hydrogen (secondary N) is 2. The average Bonchev–Trinajstić information content (AvgIpc) is 2.98. The van der Waals surface area contributed by atoms with Gasteiger partial charge in [-0.2, -0.15) is 0 Å². The Balaban J connectivity index is 1.93. The number of carbonyl (C=O) groups excluding carboxylic acids is 2. The highest BCUT2D eigenvalue weighted by Gasteiger charge is 2.30. The van der Waals surface area contributed by atoms with E-state index in [0.717, 1.165) is 34.8 Å². The van der Waals surface area contributed by atoms with E-state index < -0.39 is 5.91 Å². The average molecular weight is 391 g/mol. The third-order valence-electron chi connectivity index (χ3n) is 4.82. The van der Waals surface area contributed by atoms with Gasteiger partial charge in [-0.05, 0) is 37.8 Å². The number of nitrogens with two attached hydrogens (primary N) is 1. The molecule has 2 aromatic rings. The van der Waals surface area contributed by atoms with Crippen molar-refractivity contribution in [2.75, 3.05) is 18.1 Å². The van der Waals surface area contributed by atoms with Gasteiger partial charge in [0.05, 0.1) is 28.6 Å². The number of carbonyl (C=O) groups is 2. The predicted molar refractivity (Wildman–Crippen MR) is 107 cm³/mol. The molecule has 0 aliphatic carbocycles. The number of benzene rings is 1. The Bertz CT molecular complexity index is 845. The fourth-order valence-corrected chi connectivity index (χ4v) is 5.24. The van der Waals surface area contributed by atoms with Crippen LogP contribution in [0, 0.1) is 0 Å². The smallest absolute Gasteiger partial charge is 0.257 e. The molecule has 2 heterocycles. The Labute approximate surface area is 162 Å². The lowest BCUT2D eigenvalue weighted by atomic mass is 10.0. The van der Waals surface area contributed by atoms with Crippen LogP contribution < -0.4 is 16.0 Å². The summed E-state index contributed by atoms with van der Waals surface area (Å²) in [6.07, 6.45) is 2.75. The number of thioether (sulfide) groups is 1. The maximum atomic E-state index is 12.8. The van der Waals surface area contributed by atoms with Gasteiger partial charge >= 0.3 is 0 Å². The first kappa shape index (κ1) is 18.9. The molecule has 1 atom stereocenters. The van der Waals surface area contributed by atoms with Crippen LogP contribution in [0.4, 0.5) is 5.00 Å². The highest BCUT2D eigenvalue weighted by atomic mass is 32.2. The minimum absolute atomic E-state index is 0.205. The van der Waals surface area contributed by atoms with Crippen LogP contribution in [0.5, 0.6) is 0 Å². The van der Waals surface area contributed by atoms with E-state index in [-0.39, 0.29) is 5.91 Å². The van der Waals surface area contributed by atoms with Crippen molar-refractivity contribution in [1.29, 1.82) is 0 Å². The number of thiophene rings is 1. The lowest BCUT2D eigenvalue weighted by Crippen LogP contribution is -3.14. The Kier molecular flexibility index (Phi) is 5.70. The quantitative estimate of drug-likeness (QED) is 0.685. The monoisotopic (exact) mass is 390 g/mol. The molecule has 3 rings (SSSR count). The molecule has 5 nitrogen and oxygen atoms in total. The summed E-state index contributed by atoms with van der Waals surface area (Å²) in [4.78, 5) is 28.4. The number of hydrogen-bond acceptors (Lipinski definition) is 4. The summed E-state index contributed by atoms with van der Waals surface area (Å²) in [5, 5.41) is 3.52. The molecule has 7 heteroatoms. The van der Waals surface area contributed by atoms with Crippen molar-refractivity contribution >= 4 is 39.9 Å². The van der Waals surface area contributed by atoms with Gasteiger partial charge in [0.25, 0.3) is 11.8 Å². The number of rotatable bonds is 5. The number of anilines is 1. The predicted octanol–water partition coefficient (Wildman–Crippen LogP) is 2.17. The van der Waals surface area contributed by atoms with Crippen molar-refractivity contribution in [3.05, 3.63) is 45.8 Å². The van der Waals surface area contributed by atoms with Crippen LogP contribution in [0.2, 0.25) is 0 Å². The molecule has 2 amide bonds. The van der Waals surface area contributed by atoms with E-state index in [0.29, 0.717) is 22.2 Å². The second kappa shape index (κ2) is 7.82. The Morgan fingerprint density at radius 3 is 2.69 bits per heavy atom. The van der Waals surface area contributed by atoms with Crippen molar-refractivity contribution in [3.63, 3.8) is 0 Å². The maximum absolute atomic E-state index is 12.8. The highest BCUT2D eigenvalue weighted by molar-refractivity contribution is 7.98. The molecular weight excluding hydrogens is 366 g/mol. The zero-order chi connectivity index (χ0) is 18.8. The van der Waals surface area contributed by atoms with Gasteiger partial charge in [-0.1, -0.05) is 12.1 Å². The molecule has 1 aliphatic rings. The fraction of sp³-hybridized carbons (Fsp3) is 0.368. The van der Waals surface area contributed by atoms with E-state index in [2.05, 4.69) is 19.2 Å². The van der Waals surface area contributed by atoms with E-state index in [1.165, 1.54) is 28.0 Å². The number of amides is 2. The van der Waals surface area contributed by atoms with Crippen LogP contribution in [-0.4, -0.2) is 30.7 Å². The first-order valence-corrected chi connectivity index (χ1v) is 10.7. The summed E-state index contributed by atoms with van der Waals surface area (Å²) in [5.41, 5.74) is 7.76. The minimum Gasteiger partial charge on any atom is -0.365 e. The Morgan fingerprint density at radius 1 is 1.31 bits per heavy atom. The van der Waals surface area contributed by atoms with Crippen LogP contribution in [0.15, 0.2) is 29.2 Å². The molecule has 0 fully saturated rings. The molecule has 138 valence electrons. The molecule has 0 bridgehead atoms. The van der Waals surface area contributed by atoms with E-state index >= 15 is 0 Å². The largest absolute Gasteiger partial charge is 0.365 e. The lowest BCUT2D eigenvalue weighted by molar-refractivity contribution is -0.936. The normalized spacial score (nSPS) is 16.4. The molecule has 0 saturated carbocycles. The van der Waals surface area contributed by atoms with Crippen LogP contribution >= 0.6 is 23.1 Å². The van der Waals surface area contributed by atoms with Gasteiger partial charge in [0.15, 0.2) is 0 Å². The zero-order valence-electron chi connectivity index (χ0n) is 15.2. The third kappa shape index (κ3) is 3.65. The topological polar surface area (TPSA) is 76.6 Å². The SMILES string of the molecule is CSc1ccccc1C(=O)Nc1sc2c(c1C(N)=O)CC[NH+](C(C)C)C2. The molecule has 1 unspecified atom stereocenters. The van der Waals surface area contributed by atoms with Crippen LogP contribution in [0.3, 0.4) is 0 Å². The molecule has 4 N–H and O–H groups in total. The highest BCUT2D eigenvalue weighted by Crippen LogP contribution is 2.35. The standard InChI is InChI=1S/C19H23N3O2S2/c1-11(2)22-9-8-12-15(10-22)26-19(16(12)17(20)23)21-18(24)13-6-4-5-7-14(13)25-3/h4-7,11H,8-10H2,1-3H3,(H2,20,23)(H,21,24)/p+1. The molecule has 1 aromatic carbocycles. The zero-order valence-corrected chi connectivity index (χ0v) is 16.9. The first-order valence-electron chi connectivity index (χ1n) is 8.65. The van der Waals surface area contributed by atoms with Crippen LogP contribution in [-0.2, 0) is 13.0 Å². The third-order valence-corrected chi connectivity index (χ3v) is 6.76. The van der Waals surface area contributed by atoms with E-state index in [1.807, 2.05) is 24.5 Å². The van der Waals surface area contributed by atoms with Crippen molar-refractivity contribution in [2.45, 2.75) is 37.8 Å². The molecule has 1 aromatic heterocycles. The van der Waals surface area contributed by atoms with Crippen LogP contribution in [0.25, 0.3) is 0 Å². The van der Waals surface area contributed by atoms with Gasteiger partial charge in [0, 0.05) is 11.3 Å². The summed E-state index contributed by atoms with van der Waals surface area (Å²) < 4.78 is 0. The van der Waals surface area contributed by atoms with Gasteiger partial charge in [0.2, 0.25) is 0 Å². The number of hydrogen-bond donors (Lipinski definition) is 3. The van der Waals surface area contributed by atoms with Gasteiger partial charge in [0.1, 0.15) is 11.5 Å². The first-order chi connectivity index (χ1) is 12.4. The molecule has 0 radical (unpaired) electrons. The van der Waals surface area contributed by atoms with Gasteiger partial charge in [-0.3, -0.25) is 9.59 Å². The summed E-state index contributed by atoms with van der Waals surface area (Å²) in [6, 6.07) is 7.98. The number of fused-ring (bicyclic) bond motifs is 1. The summed E-state index contributed by atoms with van der Waals surface area (Å²) in [5.74, 6) is -0.673. The van der Waals surface area contributed by atoms with Crippen molar-refractivity contribution < 1.29 is 14.5 Å². The summed E-state index contributed by atoms with van der Waals surface area (Å²) in [6.45, 7) is 6.25. The molecule has 26 heavy (non-hydrogen) atoms. The minimum atomic E-state index is -0.469. The second-order valence-electron chi connectivity index (χ2n) is 6.72. The van der Waals surface area contributed by atoms with E-state index in [1.54, 1.807) is 6.07 Å². The summed E-state index contributed by atoms with van der Waals surface area (Å²) in [7, 11) is 0. The maximum Gasteiger partial charge on any atom is 0.257 e. The van der Waals surface area contributed by atoms with E-state index in [9.17, 15) is 9.59 Å². The molecule has 0 spiro atoms. The van der Waals surface area contributed by atoms with Crippen molar-refractivity contribution in [3.8, 4) is 0 Å². The molecule has 0 saturated heterocycles. The van der Waals surface area contributed by atoms with Gasteiger partial charge < -0.3 is 16.0 Å². The Morgan fingerprint density at radius 2 is 2.04 bits per heavy atom. The van der Waals surface area contributed by atoms with Gasteiger partial charge in [-0.15, -0.1) is 23.1 Å². The number of primary amides is 1. The summed E-state index contributed by atoms with van der Waals surface area (Å²) >= 11 is 3.01. The van der Waals surface area contributed by atoms with Gasteiger partial charge in [-0.25, -0.2) is 0 Å². The fourth-order valence-electron chi connectivity index (χ4n) is 3.34. The second-order valence-corrected chi connectivity index (χ2v) is 8.67. The Hall–Kier alpha value is -1.83.